The average Bonchev–Trinajstić information content (AvgIpc) is 3.03. The molecule has 0 spiro atoms. The van der Waals surface area contributed by atoms with Gasteiger partial charge in [0.1, 0.15) is 0 Å². The third-order valence-corrected chi connectivity index (χ3v) is 2.75. The number of oxazole rings is 1. The largest absolute Gasteiger partial charge is 0.475 e. The quantitative estimate of drug-likeness (QED) is 0.798. The number of carboxylic acid groups (broad SMARTS) is 1. The summed E-state index contributed by atoms with van der Waals surface area (Å²) in [7, 11) is 0. The van der Waals surface area contributed by atoms with Crippen LogP contribution in [-0.2, 0) is 0 Å². The Bertz CT molecular complexity index is 388. The fraction of sp³-hybridized carbons (Fsp3) is 0.600. The van der Waals surface area contributed by atoms with E-state index in [1.165, 1.54) is 0 Å². The van der Waals surface area contributed by atoms with Gasteiger partial charge in [0.25, 0.3) is 0 Å². The molecular formula is C10H11NO3. The molecule has 0 aliphatic heterocycles. The molecule has 0 saturated heterocycles. The van der Waals surface area contributed by atoms with Crippen LogP contribution in [-0.4, -0.2) is 16.1 Å². The van der Waals surface area contributed by atoms with Crippen molar-refractivity contribution in [2.75, 3.05) is 0 Å². The summed E-state index contributed by atoms with van der Waals surface area (Å²) in [5, 5.41) is 8.92. The molecule has 0 atom stereocenters. The van der Waals surface area contributed by atoms with Gasteiger partial charge < -0.3 is 9.52 Å². The summed E-state index contributed by atoms with van der Waals surface area (Å²) in [6.07, 6.45) is 4.28. The van der Waals surface area contributed by atoms with Crippen LogP contribution in [0.1, 0.15) is 59.7 Å². The van der Waals surface area contributed by atoms with Crippen LogP contribution in [0.25, 0.3) is 0 Å². The lowest BCUT2D eigenvalue weighted by atomic mass is 10.2. The molecule has 2 aliphatic rings. The fourth-order valence-electron chi connectivity index (χ4n) is 1.64. The van der Waals surface area contributed by atoms with E-state index in [2.05, 4.69) is 4.98 Å². The summed E-state index contributed by atoms with van der Waals surface area (Å²) < 4.78 is 5.29. The van der Waals surface area contributed by atoms with E-state index in [1.807, 2.05) is 0 Å². The molecule has 2 fully saturated rings. The Morgan fingerprint density at radius 1 is 1.29 bits per heavy atom. The van der Waals surface area contributed by atoms with Crippen LogP contribution in [0.4, 0.5) is 0 Å². The summed E-state index contributed by atoms with van der Waals surface area (Å²) in [6, 6.07) is 0. The van der Waals surface area contributed by atoms with Crippen molar-refractivity contribution in [2.45, 2.75) is 37.5 Å². The number of nitrogens with zero attached hydrogens (tertiary/aromatic N) is 1. The molecule has 3 rings (SSSR count). The summed E-state index contributed by atoms with van der Waals surface area (Å²) in [6.45, 7) is 0. The molecule has 1 aromatic heterocycles. The van der Waals surface area contributed by atoms with Crippen molar-refractivity contribution in [1.29, 1.82) is 0 Å². The standard InChI is InChI=1S/C10H11NO3/c12-10(13)8-7(5-1-2-5)11-9(14-8)6-3-4-6/h5-6H,1-4H2,(H,12,13). The highest BCUT2D eigenvalue weighted by atomic mass is 16.4. The lowest BCUT2D eigenvalue weighted by Crippen LogP contribution is -1.98. The third kappa shape index (κ3) is 1.22. The van der Waals surface area contributed by atoms with E-state index in [9.17, 15) is 4.79 Å². The van der Waals surface area contributed by atoms with E-state index in [4.69, 9.17) is 9.52 Å². The van der Waals surface area contributed by atoms with E-state index in [0.717, 1.165) is 25.7 Å². The van der Waals surface area contributed by atoms with Gasteiger partial charge in [-0.15, -0.1) is 0 Å². The molecule has 14 heavy (non-hydrogen) atoms. The van der Waals surface area contributed by atoms with Gasteiger partial charge in [-0.2, -0.15) is 0 Å². The number of carbonyl (C=O) groups is 1. The van der Waals surface area contributed by atoms with E-state index in [0.29, 0.717) is 23.4 Å². The number of aromatic carboxylic acids is 1. The van der Waals surface area contributed by atoms with E-state index < -0.39 is 5.97 Å². The monoisotopic (exact) mass is 193 g/mol. The van der Waals surface area contributed by atoms with Crippen molar-refractivity contribution in [3.63, 3.8) is 0 Å². The van der Waals surface area contributed by atoms with Crippen LogP contribution in [0.2, 0.25) is 0 Å². The minimum Gasteiger partial charge on any atom is -0.475 e. The van der Waals surface area contributed by atoms with Crippen LogP contribution in [0.5, 0.6) is 0 Å². The minimum atomic E-state index is -0.980. The maximum atomic E-state index is 10.9. The molecule has 74 valence electrons. The number of hydrogen-bond donors (Lipinski definition) is 1. The van der Waals surface area contributed by atoms with Crippen LogP contribution in [0.3, 0.4) is 0 Å². The molecule has 0 bridgehead atoms. The van der Waals surface area contributed by atoms with Crippen LogP contribution >= 0.6 is 0 Å². The first kappa shape index (κ1) is 8.03. The summed E-state index contributed by atoms with van der Waals surface area (Å²) in [5.41, 5.74) is 0.680. The zero-order valence-corrected chi connectivity index (χ0v) is 7.69. The number of carboxylic acids is 1. The predicted molar refractivity (Wildman–Crippen MR) is 47.4 cm³/mol. The van der Waals surface area contributed by atoms with Crippen LogP contribution in [0, 0.1) is 0 Å². The highest BCUT2D eigenvalue weighted by molar-refractivity contribution is 5.86. The zero-order valence-electron chi connectivity index (χ0n) is 7.69. The van der Waals surface area contributed by atoms with E-state index in [-0.39, 0.29) is 5.76 Å². The van der Waals surface area contributed by atoms with Crippen molar-refractivity contribution in [1.82, 2.24) is 4.98 Å². The lowest BCUT2D eigenvalue weighted by molar-refractivity contribution is 0.0658. The van der Waals surface area contributed by atoms with Gasteiger partial charge in [0, 0.05) is 11.8 Å². The van der Waals surface area contributed by atoms with Crippen molar-refractivity contribution < 1.29 is 14.3 Å². The van der Waals surface area contributed by atoms with Gasteiger partial charge in [0.05, 0.1) is 5.69 Å². The number of aromatic nitrogens is 1. The van der Waals surface area contributed by atoms with Crippen molar-refractivity contribution in [3.05, 3.63) is 17.3 Å². The lowest BCUT2D eigenvalue weighted by Gasteiger charge is -1.89. The first-order chi connectivity index (χ1) is 6.75. The minimum absolute atomic E-state index is 0.0781. The molecule has 2 aliphatic carbocycles. The van der Waals surface area contributed by atoms with Gasteiger partial charge in [-0.05, 0) is 25.7 Å². The predicted octanol–water partition coefficient (Wildman–Crippen LogP) is 2.13. The zero-order chi connectivity index (χ0) is 9.71. The molecule has 2 saturated carbocycles. The van der Waals surface area contributed by atoms with Crippen LogP contribution < -0.4 is 0 Å². The Morgan fingerprint density at radius 3 is 2.43 bits per heavy atom. The Hall–Kier alpha value is -1.32. The van der Waals surface area contributed by atoms with Gasteiger partial charge in [0.15, 0.2) is 5.89 Å². The molecule has 0 aromatic carbocycles. The summed E-state index contributed by atoms with van der Waals surface area (Å²) >= 11 is 0. The molecular weight excluding hydrogens is 182 g/mol. The summed E-state index contributed by atoms with van der Waals surface area (Å²) in [5.74, 6) is 0.475. The Balaban J connectivity index is 2.01. The number of hydrogen-bond acceptors (Lipinski definition) is 3. The van der Waals surface area contributed by atoms with Gasteiger partial charge in [0.2, 0.25) is 5.76 Å². The maximum absolute atomic E-state index is 10.9. The fourth-order valence-corrected chi connectivity index (χ4v) is 1.64. The topological polar surface area (TPSA) is 63.3 Å². The highest BCUT2D eigenvalue weighted by Gasteiger charge is 2.37. The molecule has 1 N–H and O–H groups in total. The highest BCUT2D eigenvalue weighted by Crippen LogP contribution is 2.45. The third-order valence-electron chi connectivity index (χ3n) is 2.75. The van der Waals surface area contributed by atoms with Gasteiger partial charge >= 0.3 is 5.97 Å². The summed E-state index contributed by atoms with van der Waals surface area (Å²) in [4.78, 5) is 15.2. The molecule has 0 amide bonds. The average molecular weight is 193 g/mol. The smallest absolute Gasteiger partial charge is 0.373 e. The molecule has 4 heteroatoms. The second-order valence-electron chi connectivity index (χ2n) is 4.12. The van der Waals surface area contributed by atoms with Gasteiger partial charge in [-0.1, -0.05) is 0 Å². The van der Waals surface area contributed by atoms with Crippen molar-refractivity contribution >= 4 is 5.97 Å². The normalized spacial score (nSPS) is 21.1. The maximum Gasteiger partial charge on any atom is 0.373 e. The first-order valence-electron chi connectivity index (χ1n) is 4.99. The molecule has 1 heterocycles. The second-order valence-corrected chi connectivity index (χ2v) is 4.12. The SMILES string of the molecule is O=C(O)c1oc(C2CC2)nc1C1CC1. The molecule has 1 aromatic rings. The Kier molecular flexibility index (Phi) is 1.48. The first-order valence-corrected chi connectivity index (χ1v) is 4.99. The van der Waals surface area contributed by atoms with Gasteiger partial charge in [-0.25, -0.2) is 9.78 Å². The Labute approximate surface area is 80.9 Å². The molecule has 0 radical (unpaired) electrons. The Morgan fingerprint density at radius 2 is 1.93 bits per heavy atom. The molecule has 0 unspecified atom stereocenters. The van der Waals surface area contributed by atoms with E-state index in [1.54, 1.807) is 0 Å². The number of rotatable bonds is 3. The second kappa shape index (κ2) is 2.59. The van der Waals surface area contributed by atoms with Crippen molar-refractivity contribution in [2.24, 2.45) is 0 Å². The van der Waals surface area contributed by atoms with E-state index >= 15 is 0 Å². The van der Waals surface area contributed by atoms with Crippen molar-refractivity contribution in [3.8, 4) is 0 Å². The van der Waals surface area contributed by atoms with Gasteiger partial charge in [-0.3, -0.25) is 0 Å². The molecule has 4 nitrogen and oxygen atoms in total. The van der Waals surface area contributed by atoms with Crippen LogP contribution in [0.15, 0.2) is 4.42 Å².